The highest BCUT2D eigenvalue weighted by Crippen LogP contribution is 2.36. The Hall–Kier alpha value is -1.36. The lowest BCUT2D eigenvalue weighted by Crippen LogP contribution is -2.58. The number of ketones is 1. The molecule has 23 heavy (non-hydrogen) atoms. The highest BCUT2D eigenvalue weighted by Gasteiger charge is 2.41. The Morgan fingerprint density at radius 1 is 1.39 bits per heavy atom. The summed E-state index contributed by atoms with van der Waals surface area (Å²) < 4.78 is 0. The number of carbonyl (C=O) groups excluding carboxylic acids is 2. The second kappa shape index (κ2) is 6.63. The topological polar surface area (TPSA) is 52.7 Å². The van der Waals surface area contributed by atoms with Crippen LogP contribution in [0.2, 0.25) is 0 Å². The maximum Gasteiger partial charge on any atom is 0.317 e. The molecule has 3 aliphatic rings. The number of likely N-dealkylation sites (tertiary alicyclic amines) is 1. The Labute approximate surface area is 139 Å². The van der Waals surface area contributed by atoms with Gasteiger partial charge in [-0.3, -0.25) is 9.69 Å². The summed E-state index contributed by atoms with van der Waals surface area (Å²) >= 11 is 0. The summed E-state index contributed by atoms with van der Waals surface area (Å²) in [6.45, 7) is 8.04. The molecule has 3 fully saturated rings. The second-order valence-corrected chi connectivity index (χ2v) is 7.48. The van der Waals surface area contributed by atoms with Crippen LogP contribution in [0, 0.1) is 5.92 Å². The third kappa shape index (κ3) is 3.60. The maximum absolute atomic E-state index is 12.3. The van der Waals surface area contributed by atoms with Crippen LogP contribution in [0.1, 0.15) is 45.4 Å². The van der Waals surface area contributed by atoms with Gasteiger partial charge in [0.1, 0.15) is 0 Å². The van der Waals surface area contributed by atoms with Gasteiger partial charge in [-0.15, -0.1) is 0 Å². The van der Waals surface area contributed by atoms with Crippen LogP contribution < -0.4 is 5.32 Å². The number of Topliss-reactive ketones (excluding diaryl/α,β-unsaturated/α-hetero) is 1. The lowest BCUT2D eigenvalue weighted by Gasteiger charge is -2.47. The second-order valence-electron chi connectivity index (χ2n) is 7.48. The van der Waals surface area contributed by atoms with Crippen molar-refractivity contribution in [3.63, 3.8) is 0 Å². The van der Waals surface area contributed by atoms with E-state index in [4.69, 9.17) is 0 Å². The lowest BCUT2D eigenvalue weighted by atomic mass is 9.74. The van der Waals surface area contributed by atoms with E-state index < -0.39 is 0 Å². The Morgan fingerprint density at radius 3 is 2.78 bits per heavy atom. The van der Waals surface area contributed by atoms with Crippen molar-refractivity contribution >= 4 is 11.8 Å². The summed E-state index contributed by atoms with van der Waals surface area (Å²) in [5, 5.41) is 3.20. The number of nitrogens with zero attached hydrogens (tertiary/aromatic N) is 2. The van der Waals surface area contributed by atoms with Gasteiger partial charge < -0.3 is 10.2 Å². The molecule has 5 nitrogen and oxygen atoms in total. The molecule has 3 atom stereocenters. The van der Waals surface area contributed by atoms with E-state index in [1.54, 1.807) is 0 Å². The number of fused-ring (bicyclic) bond motifs is 1. The standard InChI is InChI=1S/C18H29N3O2/c1-4-7-21-11-14(19-18(23)20(3)15-5-6-15)9-13-10-17(22)12(2)8-16(13)21/h13-16H,2,4-11H2,1,3H3,(H,19,23)/t13-,14+,16-/m1/s1. The number of amides is 2. The molecule has 2 saturated carbocycles. The van der Waals surface area contributed by atoms with E-state index in [-0.39, 0.29) is 17.9 Å². The van der Waals surface area contributed by atoms with Crippen molar-refractivity contribution in [2.45, 2.75) is 63.6 Å². The molecule has 1 heterocycles. The van der Waals surface area contributed by atoms with E-state index in [0.717, 1.165) is 50.8 Å². The van der Waals surface area contributed by atoms with E-state index in [1.165, 1.54) is 0 Å². The highest BCUT2D eigenvalue weighted by atomic mass is 16.2. The van der Waals surface area contributed by atoms with Gasteiger partial charge in [-0.05, 0) is 50.1 Å². The molecule has 1 N–H and O–H groups in total. The van der Waals surface area contributed by atoms with Gasteiger partial charge in [0.25, 0.3) is 0 Å². The number of piperidine rings is 1. The van der Waals surface area contributed by atoms with Gasteiger partial charge >= 0.3 is 6.03 Å². The minimum atomic E-state index is 0.0407. The fourth-order valence-corrected chi connectivity index (χ4v) is 4.13. The van der Waals surface area contributed by atoms with E-state index in [1.807, 2.05) is 11.9 Å². The van der Waals surface area contributed by atoms with Crippen LogP contribution in [0.5, 0.6) is 0 Å². The van der Waals surface area contributed by atoms with Crippen molar-refractivity contribution in [1.82, 2.24) is 15.1 Å². The summed E-state index contributed by atoms with van der Waals surface area (Å²) in [5.41, 5.74) is 0.781. The Balaban J connectivity index is 1.65. The molecule has 1 aliphatic heterocycles. The SMILES string of the molecule is C=C1C[C@@H]2[C@@H](CC1=O)C[C@H](NC(=O)N(C)C1CC1)CN2CCC. The minimum absolute atomic E-state index is 0.0407. The summed E-state index contributed by atoms with van der Waals surface area (Å²) in [4.78, 5) is 28.7. The van der Waals surface area contributed by atoms with E-state index >= 15 is 0 Å². The normalized spacial score (nSPS) is 31.7. The first-order valence-corrected chi connectivity index (χ1v) is 8.98. The molecule has 0 aromatic carbocycles. The zero-order valence-electron chi connectivity index (χ0n) is 14.4. The molecule has 0 radical (unpaired) electrons. The molecule has 0 spiro atoms. The monoisotopic (exact) mass is 319 g/mol. The van der Waals surface area contributed by atoms with Gasteiger partial charge in [-0.2, -0.15) is 0 Å². The zero-order valence-corrected chi connectivity index (χ0v) is 14.4. The molecule has 5 heteroatoms. The number of rotatable bonds is 4. The van der Waals surface area contributed by atoms with Gasteiger partial charge in [0.2, 0.25) is 0 Å². The van der Waals surface area contributed by atoms with E-state index in [2.05, 4.69) is 23.7 Å². The molecule has 1 saturated heterocycles. The van der Waals surface area contributed by atoms with Crippen molar-refractivity contribution in [3.8, 4) is 0 Å². The molecule has 0 bridgehead atoms. The third-order valence-electron chi connectivity index (χ3n) is 5.61. The third-order valence-corrected chi connectivity index (χ3v) is 5.61. The van der Waals surface area contributed by atoms with Crippen molar-refractivity contribution in [3.05, 3.63) is 12.2 Å². The number of hydrogen-bond acceptors (Lipinski definition) is 3. The van der Waals surface area contributed by atoms with Gasteiger partial charge in [0.15, 0.2) is 5.78 Å². The number of hydrogen-bond donors (Lipinski definition) is 1. The predicted octanol–water partition coefficient (Wildman–Crippen LogP) is 2.18. The van der Waals surface area contributed by atoms with Crippen LogP contribution in [-0.4, -0.2) is 59.9 Å². The molecule has 0 aromatic heterocycles. The lowest BCUT2D eigenvalue weighted by molar-refractivity contribution is -0.119. The van der Waals surface area contributed by atoms with Gasteiger partial charge in [-0.1, -0.05) is 13.5 Å². The van der Waals surface area contributed by atoms with Crippen LogP contribution >= 0.6 is 0 Å². The highest BCUT2D eigenvalue weighted by molar-refractivity contribution is 5.95. The Kier molecular flexibility index (Phi) is 4.76. The summed E-state index contributed by atoms with van der Waals surface area (Å²) in [6.07, 6.45) is 5.64. The zero-order chi connectivity index (χ0) is 16.6. The molecule has 3 rings (SSSR count). The minimum Gasteiger partial charge on any atom is -0.334 e. The fourth-order valence-electron chi connectivity index (χ4n) is 4.13. The first-order valence-electron chi connectivity index (χ1n) is 8.98. The average Bonchev–Trinajstić information content (AvgIpc) is 3.33. The van der Waals surface area contributed by atoms with E-state index in [9.17, 15) is 9.59 Å². The van der Waals surface area contributed by atoms with Gasteiger partial charge in [0, 0.05) is 38.1 Å². The molecule has 128 valence electrons. The van der Waals surface area contributed by atoms with Crippen molar-refractivity contribution in [2.75, 3.05) is 20.1 Å². The predicted molar refractivity (Wildman–Crippen MR) is 90.2 cm³/mol. The molecule has 0 unspecified atom stereocenters. The van der Waals surface area contributed by atoms with Gasteiger partial charge in [0.05, 0.1) is 0 Å². The molecule has 2 aliphatic carbocycles. The maximum atomic E-state index is 12.3. The number of carbonyl (C=O) groups is 2. The average molecular weight is 319 g/mol. The van der Waals surface area contributed by atoms with Crippen LogP contribution in [-0.2, 0) is 4.79 Å². The quantitative estimate of drug-likeness (QED) is 0.808. The first-order chi connectivity index (χ1) is 11.0. The summed E-state index contributed by atoms with van der Waals surface area (Å²) in [5.74, 6) is 0.564. The van der Waals surface area contributed by atoms with Crippen LogP contribution in [0.4, 0.5) is 4.79 Å². The van der Waals surface area contributed by atoms with Crippen LogP contribution in [0.15, 0.2) is 12.2 Å². The van der Waals surface area contributed by atoms with Crippen molar-refractivity contribution in [2.24, 2.45) is 5.92 Å². The largest absolute Gasteiger partial charge is 0.334 e. The van der Waals surface area contributed by atoms with Crippen LogP contribution in [0.3, 0.4) is 0 Å². The summed E-state index contributed by atoms with van der Waals surface area (Å²) in [6, 6.07) is 1.04. The molecular formula is C18H29N3O2. The Morgan fingerprint density at radius 2 is 2.13 bits per heavy atom. The molecule has 0 aromatic rings. The van der Waals surface area contributed by atoms with Crippen molar-refractivity contribution < 1.29 is 9.59 Å². The smallest absolute Gasteiger partial charge is 0.317 e. The van der Waals surface area contributed by atoms with Crippen molar-refractivity contribution in [1.29, 1.82) is 0 Å². The van der Waals surface area contributed by atoms with Crippen LogP contribution in [0.25, 0.3) is 0 Å². The molecule has 2 amide bonds. The van der Waals surface area contributed by atoms with Gasteiger partial charge in [-0.25, -0.2) is 4.79 Å². The Bertz CT molecular complexity index is 500. The number of nitrogens with one attached hydrogen (secondary N) is 1. The number of urea groups is 1. The molecular weight excluding hydrogens is 290 g/mol. The fraction of sp³-hybridized carbons (Fsp3) is 0.778. The first kappa shape index (κ1) is 16.5. The van der Waals surface area contributed by atoms with E-state index in [0.29, 0.717) is 24.4 Å². The summed E-state index contributed by atoms with van der Waals surface area (Å²) in [7, 11) is 1.89.